The fourth-order valence-corrected chi connectivity index (χ4v) is 1.82. The van der Waals surface area contributed by atoms with Crippen LogP contribution >= 0.6 is 0 Å². The predicted molar refractivity (Wildman–Crippen MR) is 56.7 cm³/mol. The summed E-state index contributed by atoms with van der Waals surface area (Å²) < 4.78 is 0. The molecule has 0 unspecified atom stereocenters. The topological polar surface area (TPSA) is 42.2 Å². The van der Waals surface area contributed by atoms with Gasteiger partial charge in [0.15, 0.2) is 0 Å². The molecule has 1 aromatic heterocycles. The van der Waals surface area contributed by atoms with Crippen molar-refractivity contribution >= 4 is 0 Å². The number of hydrogen-bond donors (Lipinski definition) is 1. The van der Waals surface area contributed by atoms with Crippen LogP contribution < -0.4 is 5.73 Å². The standard InChI is InChI=1S/C11H17N3/c1-14(11(9-12)4-5-11)8-10-3-2-6-13-7-10/h2-3,6-7H,4-5,8-9,12H2,1H3. The van der Waals surface area contributed by atoms with Gasteiger partial charge in [-0.25, -0.2) is 0 Å². The Morgan fingerprint density at radius 2 is 2.36 bits per heavy atom. The van der Waals surface area contributed by atoms with Gasteiger partial charge in [-0.2, -0.15) is 0 Å². The molecule has 0 aliphatic heterocycles. The lowest BCUT2D eigenvalue weighted by molar-refractivity contribution is 0.218. The van der Waals surface area contributed by atoms with E-state index in [-0.39, 0.29) is 5.54 Å². The summed E-state index contributed by atoms with van der Waals surface area (Å²) in [5.74, 6) is 0. The van der Waals surface area contributed by atoms with Crippen molar-refractivity contribution < 1.29 is 0 Å². The van der Waals surface area contributed by atoms with E-state index in [1.54, 1.807) is 6.20 Å². The van der Waals surface area contributed by atoms with Gasteiger partial charge >= 0.3 is 0 Å². The van der Waals surface area contributed by atoms with Crippen LogP contribution in [-0.4, -0.2) is 29.0 Å². The molecule has 0 atom stereocenters. The quantitative estimate of drug-likeness (QED) is 0.772. The first-order valence-corrected chi connectivity index (χ1v) is 5.07. The molecular weight excluding hydrogens is 174 g/mol. The van der Waals surface area contributed by atoms with Gasteiger partial charge in [-0.3, -0.25) is 9.88 Å². The number of likely N-dealkylation sites (N-methyl/N-ethyl adjacent to an activating group) is 1. The molecule has 0 radical (unpaired) electrons. The van der Waals surface area contributed by atoms with Crippen molar-refractivity contribution in [3.63, 3.8) is 0 Å². The van der Waals surface area contributed by atoms with Gasteiger partial charge in [-0.15, -0.1) is 0 Å². The summed E-state index contributed by atoms with van der Waals surface area (Å²) in [6.07, 6.45) is 6.20. The highest BCUT2D eigenvalue weighted by Crippen LogP contribution is 2.40. The molecule has 1 heterocycles. The molecule has 76 valence electrons. The second kappa shape index (κ2) is 3.67. The Bertz CT molecular complexity index is 293. The Hall–Kier alpha value is -0.930. The van der Waals surface area contributed by atoms with Crippen LogP contribution in [0.25, 0.3) is 0 Å². The Labute approximate surface area is 84.9 Å². The predicted octanol–water partition coefficient (Wildman–Crippen LogP) is 1.00. The minimum atomic E-state index is 0.288. The zero-order valence-corrected chi connectivity index (χ0v) is 8.61. The normalized spacial score (nSPS) is 18.5. The average molecular weight is 191 g/mol. The minimum Gasteiger partial charge on any atom is -0.329 e. The fourth-order valence-electron chi connectivity index (χ4n) is 1.82. The summed E-state index contributed by atoms with van der Waals surface area (Å²) in [5, 5.41) is 0. The third kappa shape index (κ3) is 1.79. The number of aromatic nitrogens is 1. The van der Waals surface area contributed by atoms with Crippen LogP contribution in [0.5, 0.6) is 0 Å². The van der Waals surface area contributed by atoms with Crippen molar-refractivity contribution in [3.8, 4) is 0 Å². The number of rotatable bonds is 4. The van der Waals surface area contributed by atoms with Crippen molar-refractivity contribution in [3.05, 3.63) is 30.1 Å². The lowest BCUT2D eigenvalue weighted by Crippen LogP contribution is -2.39. The monoisotopic (exact) mass is 191 g/mol. The molecule has 0 bridgehead atoms. The molecule has 0 spiro atoms. The number of pyridine rings is 1. The van der Waals surface area contributed by atoms with Crippen LogP contribution in [-0.2, 0) is 6.54 Å². The molecular formula is C11H17N3. The fraction of sp³-hybridized carbons (Fsp3) is 0.545. The van der Waals surface area contributed by atoms with E-state index in [1.807, 2.05) is 12.3 Å². The van der Waals surface area contributed by atoms with Crippen LogP contribution in [0.4, 0.5) is 0 Å². The Morgan fingerprint density at radius 1 is 1.57 bits per heavy atom. The number of nitrogens with two attached hydrogens (primary N) is 1. The molecule has 1 aliphatic carbocycles. The zero-order chi connectivity index (χ0) is 10.0. The van der Waals surface area contributed by atoms with E-state index in [1.165, 1.54) is 18.4 Å². The largest absolute Gasteiger partial charge is 0.329 e. The van der Waals surface area contributed by atoms with Gasteiger partial charge in [-0.1, -0.05) is 6.07 Å². The summed E-state index contributed by atoms with van der Waals surface area (Å²) in [6.45, 7) is 1.72. The van der Waals surface area contributed by atoms with Crippen LogP contribution in [0.1, 0.15) is 18.4 Å². The smallest absolute Gasteiger partial charge is 0.0333 e. The molecule has 14 heavy (non-hydrogen) atoms. The maximum absolute atomic E-state index is 5.77. The minimum absolute atomic E-state index is 0.288. The summed E-state index contributed by atoms with van der Waals surface area (Å²) >= 11 is 0. The van der Waals surface area contributed by atoms with Crippen LogP contribution in [0.2, 0.25) is 0 Å². The third-order valence-electron chi connectivity index (χ3n) is 3.16. The highest BCUT2D eigenvalue weighted by atomic mass is 15.2. The summed E-state index contributed by atoms with van der Waals surface area (Å²) in [5.41, 5.74) is 7.31. The van der Waals surface area contributed by atoms with Gasteiger partial charge in [0.05, 0.1) is 0 Å². The van der Waals surface area contributed by atoms with Gasteiger partial charge in [0.2, 0.25) is 0 Å². The van der Waals surface area contributed by atoms with E-state index in [0.717, 1.165) is 13.1 Å². The first-order valence-electron chi connectivity index (χ1n) is 5.07. The highest BCUT2D eigenvalue weighted by molar-refractivity contribution is 5.11. The van der Waals surface area contributed by atoms with Gasteiger partial charge in [-0.05, 0) is 31.5 Å². The van der Waals surface area contributed by atoms with Crippen LogP contribution in [0, 0.1) is 0 Å². The first-order chi connectivity index (χ1) is 6.77. The molecule has 0 aromatic carbocycles. The molecule has 0 saturated heterocycles. The third-order valence-corrected chi connectivity index (χ3v) is 3.16. The molecule has 2 N–H and O–H groups in total. The van der Waals surface area contributed by atoms with Gasteiger partial charge in [0.1, 0.15) is 0 Å². The number of nitrogens with zero attached hydrogens (tertiary/aromatic N) is 2. The lowest BCUT2D eigenvalue weighted by Gasteiger charge is -2.26. The zero-order valence-electron chi connectivity index (χ0n) is 8.61. The lowest BCUT2D eigenvalue weighted by atomic mass is 10.2. The molecule has 1 fully saturated rings. The Balaban J connectivity index is 1.98. The van der Waals surface area contributed by atoms with E-state index >= 15 is 0 Å². The van der Waals surface area contributed by atoms with E-state index in [4.69, 9.17) is 5.73 Å². The molecule has 3 nitrogen and oxygen atoms in total. The molecule has 0 amide bonds. The molecule has 1 aliphatic rings. The summed E-state index contributed by atoms with van der Waals surface area (Å²) in [7, 11) is 2.15. The summed E-state index contributed by atoms with van der Waals surface area (Å²) in [6, 6.07) is 4.08. The first kappa shape index (κ1) is 9.62. The Kier molecular flexibility index (Phi) is 2.52. The van der Waals surface area contributed by atoms with E-state index < -0.39 is 0 Å². The van der Waals surface area contributed by atoms with Gasteiger partial charge in [0, 0.05) is 31.0 Å². The molecule has 3 heteroatoms. The maximum atomic E-state index is 5.77. The van der Waals surface area contributed by atoms with Crippen LogP contribution in [0.3, 0.4) is 0 Å². The second-order valence-electron chi connectivity index (χ2n) is 4.15. The summed E-state index contributed by atoms with van der Waals surface area (Å²) in [4.78, 5) is 6.46. The van der Waals surface area contributed by atoms with Crippen molar-refractivity contribution in [1.82, 2.24) is 9.88 Å². The van der Waals surface area contributed by atoms with Gasteiger partial charge < -0.3 is 5.73 Å². The van der Waals surface area contributed by atoms with Gasteiger partial charge in [0.25, 0.3) is 0 Å². The SMILES string of the molecule is CN(Cc1cccnc1)C1(CN)CC1. The molecule has 2 rings (SSSR count). The highest BCUT2D eigenvalue weighted by Gasteiger charge is 2.44. The van der Waals surface area contributed by atoms with E-state index in [9.17, 15) is 0 Å². The molecule has 1 saturated carbocycles. The maximum Gasteiger partial charge on any atom is 0.0333 e. The van der Waals surface area contributed by atoms with Crippen LogP contribution in [0.15, 0.2) is 24.5 Å². The van der Waals surface area contributed by atoms with Crippen molar-refractivity contribution in [2.24, 2.45) is 5.73 Å². The van der Waals surface area contributed by atoms with Crippen molar-refractivity contribution in [2.75, 3.05) is 13.6 Å². The second-order valence-corrected chi connectivity index (χ2v) is 4.15. The van der Waals surface area contributed by atoms with Crippen molar-refractivity contribution in [1.29, 1.82) is 0 Å². The Morgan fingerprint density at radius 3 is 2.86 bits per heavy atom. The van der Waals surface area contributed by atoms with E-state index in [0.29, 0.717) is 0 Å². The molecule has 1 aromatic rings. The van der Waals surface area contributed by atoms with Crippen molar-refractivity contribution in [2.45, 2.75) is 24.9 Å². The van der Waals surface area contributed by atoms with E-state index in [2.05, 4.69) is 23.0 Å². The number of hydrogen-bond acceptors (Lipinski definition) is 3. The average Bonchev–Trinajstić information content (AvgIpc) is 3.00.